The lowest BCUT2D eigenvalue weighted by Crippen LogP contribution is -1.95. The van der Waals surface area contributed by atoms with Crippen molar-refractivity contribution in [2.24, 2.45) is 0 Å². The maximum absolute atomic E-state index is 10.8. The second-order valence-corrected chi connectivity index (χ2v) is 3.91. The lowest BCUT2D eigenvalue weighted by atomic mass is 10.2. The summed E-state index contributed by atoms with van der Waals surface area (Å²) in [6.45, 7) is 0. The molecule has 0 spiro atoms. The third-order valence-corrected chi connectivity index (χ3v) is 2.64. The summed E-state index contributed by atoms with van der Waals surface area (Å²) >= 11 is 0. The highest BCUT2D eigenvalue weighted by Crippen LogP contribution is 2.29. The average Bonchev–Trinajstić information content (AvgIpc) is 2.47. The number of hydrogen-bond donors (Lipinski definition) is 1. The van der Waals surface area contributed by atoms with Crippen molar-refractivity contribution < 1.29 is 19.4 Å². The van der Waals surface area contributed by atoms with Gasteiger partial charge >= 0.3 is 5.97 Å². The van der Waals surface area contributed by atoms with Crippen molar-refractivity contribution in [3.05, 3.63) is 53.6 Å². The van der Waals surface area contributed by atoms with Crippen LogP contribution in [0, 0.1) is 11.3 Å². The van der Waals surface area contributed by atoms with E-state index in [1.165, 1.54) is 31.4 Å². The summed E-state index contributed by atoms with van der Waals surface area (Å²) in [7, 11) is 1.52. The van der Waals surface area contributed by atoms with Gasteiger partial charge in [-0.2, -0.15) is 5.26 Å². The van der Waals surface area contributed by atoms with E-state index in [-0.39, 0.29) is 5.56 Å². The first-order valence-corrected chi connectivity index (χ1v) is 5.73. The normalized spacial score (nSPS) is 9.60. The molecule has 20 heavy (non-hydrogen) atoms. The summed E-state index contributed by atoms with van der Waals surface area (Å²) in [5.41, 5.74) is 0.539. The Balaban J connectivity index is 2.29. The van der Waals surface area contributed by atoms with Crippen LogP contribution in [0.15, 0.2) is 42.5 Å². The van der Waals surface area contributed by atoms with Crippen LogP contribution < -0.4 is 9.47 Å². The van der Waals surface area contributed by atoms with Crippen LogP contribution in [0.5, 0.6) is 17.2 Å². The number of rotatable bonds is 4. The van der Waals surface area contributed by atoms with Gasteiger partial charge in [-0.05, 0) is 36.4 Å². The van der Waals surface area contributed by atoms with Crippen molar-refractivity contribution in [2.45, 2.75) is 0 Å². The molecular weight excluding hydrogens is 258 g/mol. The first-order valence-electron chi connectivity index (χ1n) is 5.73. The molecule has 5 heteroatoms. The van der Waals surface area contributed by atoms with E-state index in [0.717, 1.165) is 0 Å². The Labute approximate surface area is 115 Å². The van der Waals surface area contributed by atoms with Gasteiger partial charge in [0, 0.05) is 6.07 Å². The van der Waals surface area contributed by atoms with Gasteiger partial charge < -0.3 is 14.6 Å². The molecule has 0 radical (unpaired) electrons. The Hall–Kier alpha value is -3.00. The minimum absolute atomic E-state index is 0.170. The molecule has 0 amide bonds. The van der Waals surface area contributed by atoms with Crippen LogP contribution in [0.2, 0.25) is 0 Å². The number of carbonyl (C=O) groups is 1. The number of carboxylic acids is 1. The first kappa shape index (κ1) is 13.4. The highest BCUT2D eigenvalue weighted by Gasteiger charge is 2.08. The standard InChI is InChI=1S/C15H11NO4/c1-19-13-7-4-11(9-16)14(8-13)20-12-5-2-10(3-6-12)15(17)18/h2-8H,1H3,(H,17,18). The van der Waals surface area contributed by atoms with E-state index in [1.54, 1.807) is 18.2 Å². The molecule has 2 aromatic rings. The summed E-state index contributed by atoms with van der Waals surface area (Å²) in [4.78, 5) is 10.8. The number of nitrogens with zero attached hydrogens (tertiary/aromatic N) is 1. The Kier molecular flexibility index (Phi) is 3.87. The first-order chi connectivity index (χ1) is 9.63. The van der Waals surface area contributed by atoms with Crippen molar-refractivity contribution in [3.63, 3.8) is 0 Å². The molecule has 0 heterocycles. The monoisotopic (exact) mass is 269 g/mol. The van der Waals surface area contributed by atoms with Gasteiger partial charge in [0.15, 0.2) is 0 Å². The quantitative estimate of drug-likeness (QED) is 0.922. The summed E-state index contributed by atoms with van der Waals surface area (Å²) in [6, 6.07) is 12.8. The number of carboxylic acid groups (broad SMARTS) is 1. The van der Waals surface area contributed by atoms with Crippen LogP contribution in [-0.2, 0) is 0 Å². The van der Waals surface area contributed by atoms with Gasteiger partial charge in [0.25, 0.3) is 0 Å². The molecule has 0 aliphatic rings. The molecule has 0 aliphatic heterocycles. The van der Waals surface area contributed by atoms with E-state index in [9.17, 15) is 4.79 Å². The molecule has 2 rings (SSSR count). The van der Waals surface area contributed by atoms with E-state index in [0.29, 0.717) is 22.8 Å². The van der Waals surface area contributed by atoms with Gasteiger partial charge in [-0.25, -0.2) is 4.79 Å². The fourth-order valence-corrected chi connectivity index (χ4v) is 1.60. The van der Waals surface area contributed by atoms with Crippen LogP contribution in [0.1, 0.15) is 15.9 Å². The van der Waals surface area contributed by atoms with Crippen LogP contribution in [0.4, 0.5) is 0 Å². The van der Waals surface area contributed by atoms with Crippen molar-refractivity contribution in [1.82, 2.24) is 0 Å². The molecule has 0 aromatic heterocycles. The second kappa shape index (κ2) is 5.76. The van der Waals surface area contributed by atoms with Crippen molar-refractivity contribution >= 4 is 5.97 Å². The highest BCUT2D eigenvalue weighted by atomic mass is 16.5. The number of nitriles is 1. The Morgan fingerprint density at radius 2 is 1.80 bits per heavy atom. The van der Waals surface area contributed by atoms with Gasteiger partial charge in [-0.15, -0.1) is 0 Å². The van der Waals surface area contributed by atoms with E-state index in [4.69, 9.17) is 19.8 Å². The molecule has 0 saturated carbocycles. The van der Waals surface area contributed by atoms with Gasteiger partial charge in [0.05, 0.1) is 18.2 Å². The number of aromatic carboxylic acids is 1. The van der Waals surface area contributed by atoms with Gasteiger partial charge in [0.1, 0.15) is 23.3 Å². The van der Waals surface area contributed by atoms with E-state index < -0.39 is 5.97 Å². The van der Waals surface area contributed by atoms with Crippen LogP contribution >= 0.6 is 0 Å². The minimum Gasteiger partial charge on any atom is -0.497 e. The maximum Gasteiger partial charge on any atom is 0.335 e. The van der Waals surface area contributed by atoms with Crippen molar-refractivity contribution in [2.75, 3.05) is 7.11 Å². The number of methoxy groups -OCH3 is 1. The molecule has 2 aromatic carbocycles. The van der Waals surface area contributed by atoms with Crippen molar-refractivity contribution in [3.8, 4) is 23.3 Å². The zero-order chi connectivity index (χ0) is 14.5. The molecule has 0 saturated heterocycles. The SMILES string of the molecule is COc1ccc(C#N)c(Oc2ccc(C(=O)O)cc2)c1. The smallest absolute Gasteiger partial charge is 0.335 e. The maximum atomic E-state index is 10.8. The van der Waals surface area contributed by atoms with E-state index >= 15 is 0 Å². The second-order valence-electron chi connectivity index (χ2n) is 3.91. The molecule has 100 valence electrons. The third kappa shape index (κ3) is 2.87. The molecule has 5 nitrogen and oxygen atoms in total. The van der Waals surface area contributed by atoms with E-state index in [1.807, 2.05) is 6.07 Å². The Morgan fingerprint density at radius 1 is 1.15 bits per heavy atom. The predicted molar refractivity (Wildman–Crippen MR) is 71.2 cm³/mol. The Bertz CT molecular complexity index is 671. The predicted octanol–water partition coefficient (Wildman–Crippen LogP) is 3.06. The van der Waals surface area contributed by atoms with Crippen LogP contribution in [0.3, 0.4) is 0 Å². The topological polar surface area (TPSA) is 79.5 Å². The van der Waals surface area contributed by atoms with Crippen LogP contribution in [-0.4, -0.2) is 18.2 Å². The molecular formula is C15H11NO4. The fraction of sp³-hybridized carbons (Fsp3) is 0.0667. The largest absolute Gasteiger partial charge is 0.497 e. The zero-order valence-electron chi connectivity index (χ0n) is 10.7. The molecule has 0 unspecified atom stereocenters. The molecule has 0 aliphatic carbocycles. The van der Waals surface area contributed by atoms with Crippen molar-refractivity contribution in [1.29, 1.82) is 5.26 Å². The third-order valence-electron chi connectivity index (χ3n) is 2.64. The molecule has 0 fully saturated rings. The Morgan fingerprint density at radius 3 is 2.35 bits per heavy atom. The highest BCUT2D eigenvalue weighted by molar-refractivity contribution is 5.87. The minimum atomic E-state index is -1.00. The molecule has 0 bridgehead atoms. The van der Waals surface area contributed by atoms with E-state index in [2.05, 4.69) is 0 Å². The number of hydrogen-bond acceptors (Lipinski definition) is 4. The lowest BCUT2D eigenvalue weighted by Gasteiger charge is -2.09. The summed E-state index contributed by atoms with van der Waals surface area (Å²) < 4.78 is 10.7. The summed E-state index contributed by atoms with van der Waals surface area (Å²) in [5, 5.41) is 17.8. The lowest BCUT2D eigenvalue weighted by molar-refractivity contribution is 0.0697. The van der Waals surface area contributed by atoms with Gasteiger partial charge in [-0.1, -0.05) is 0 Å². The number of ether oxygens (including phenoxy) is 2. The fourth-order valence-electron chi connectivity index (χ4n) is 1.60. The van der Waals surface area contributed by atoms with Gasteiger partial charge in [0.2, 0.25) is 0 Å². The van der Waals surface area contributed by atoms with Gasteiger partial charge in [-0.3, -0.25) is 0 Å². The average molecular weight is 269 g/mol. The number of benzene rings is 2. The summed E-state index contributed by atoms with van der Waals surface area (Å²) in [5.74, 6) is 0.367. The molecule has 0 atom stereocenters. The summed E-state index contributed by atoms with van der Waals surface area (Å²) in [6.07, 6.45) is 0. The van der Waals surface area contributed by atoms with Crippen LogP contribution in [0.25, 0.3) is 0 Å². The zero-order valence-corrected chi connectivity index (χ0v) is 10.7. The molecule has 1 N–H and O–H groups in total.